The van der Waals surface area contributed by atoms with E-state index >= 15 is 0 Å². The zero-order valence-corrected chi connectivity index (χ0v) is 13.0. The van der Waals surface area contributed by atoms with Gasteiger partial charge in [-0.2, -0.15) is 0 Å². The molecule has 0 amide bonds. The van der Waals surface area contributed by atoms with Crippen LogP contribution in [0.25, 0.3) is 0 Å². The number of carboxylic acids is 1. The van der Waals surface area contributed by atoms with Crippen molar-refractivity contribution >= 4 is 17.7 Å². The smallest absolute Gasteiger partial charge is 0.310 e. The highest BCUT2D eigenvalue weighted by Crippen LogP contribution is 2.41. The minimum atomic E-state index is -0.741. The Kier molecular flexibility index (Phi) is 4.52. The van der Waals surface area contributed by atoms with Crippen molar-refractivity contribution in [1.29, 1.82) is 0 Å². The van der Waals surface area contributed by atoms with E-state index < -0.39 is 11.9 Å². The molecule has 4 nitrogen and oxygen atoms in total. The van der Waals surface area contributed by atoms with Crippen LogP contribution in [0.1, 0.15) is 24.9 Å². The van der Waals surface area contributed by atoms with E-state index in [4.69, 9.17) is 4.74 Å². The molecule has 1 aromatic rings. The third-order valence-electron chi connectivity index (χ3n) is 4.49. The maximum Gasteiger partial charge on any atom is 0.310 e. The molecule has 5 heteroatoms. The first kappa shape index (κ1) is 14.9. The van der Waals surface area contributed by atoms with E-state index in [0.717, 1.165) is 18.7 Å². The third-order valence-corrected chi connectivity index (χ3v) is 5.61. The molecule has 0 bridgehead atoms. The SMILES string of the molecule is CCN(C1CCSc2ccccc21)C1COCC1C(=O)O. The second-order valence-corrected chi connectivity index (χ2v) is 6.71. The standard InChI is InChI=1S/C16H21NO3S/c1-2-17(14-10-20-9-12(14)16(18)19)13-7-8-21-15-6-4-3-5-11(13)15/h3-6,12-14H,2,7-10H2,1H3,(H,18,19). The summed E-state index contributed by atoms with van der Waals surface area (Å²) in [5.41, 5.74) is 1.34. The van der Waals surface area contributed by atoms with Crippen LogP contribution in [0.5, 0.6) is 0 Å². The summed E-state index contributed by atoms with van der Waals surface area (Å²) in [6.07, 6.45) is 1.07. The van der Waals surface area contributed by atoms with Crippen molar-refractivity contribution in [3.8, 4) is 0 Å². The molecule has 1 saturated heterocycles. The van der Waals surface area contributed by atoms with E-state index in [-0.39, 0.29) is 6.04 Å². The number of thioether (sulfide) groups is 1. The lowest BCUT2D eigenvalue weighted by molar-refractivity contribution is -0.143. The van der Waals surface area contributed by atoms with Crippen molar-refractivity contribution < 1.29 is 14.6 Å². The van der Waals surface area contributed by atoms with Gasteiger partial charge in [-0.3, -0.25) is 9.69 Å². The maximum atomic E-state index is 11.4. The predicted molar refractivity (Wildman–Crippen MR) is 82.6 cm³/mol. The monoisotopic (exact) mass is 307 g/mol. The molecule has 21 heavy (non-hydrogen) atoms. The highest BCUT2D eigenvalue weighted by atomic mass is 32.2. The number of nitrogens with zero attached hydrogens (tertiary/aromatic N) is 1. The molecule has 1 aromatic carbocycles. The second kappa shape index (κ2) is 6.38. The summed E-state index contributed by atoms with van der Waals surface area (Å²) in [5.74, 6) is -0.0649. The van der Waals surface area contributed by atoms with Gasteiger partial charge in [-0.15, -0.1) is 11.8 Å². The lowest BCUT2D eigenvalue weighted by atomic mass is 9.95. The van der Waals surface area contributed by atoms with Gasteiger partial charge in [0, 0.05) is 17.0 Å². The van der Waals surface area contributed by atoms with Crippen LogP contribution in [0.3, 0.4) is 0 Å². The predicted octanol–water partition coefficient (Wildman–Crippen LogP) is 2.65. The number of fused-ring (bicyclic) bond motifs is 1. The third kappa shape index (κ3) is 2.82. The largest absolute Gasteiger partial charge is 0.481 e. The highest BCUT2D eigenvalue weighted by molar-refractivity contribution is 7.99. The number of hydrogen-bond donors (Lipinski definition) is 1. The summed E-state index contributed by atoms with van der Waals surface area (Å²) >= 11 is 1.90. The van der Waals surface area contributed by atoms with E-state index in [9.17, 15) is 9.90 Å². The zero-order chi connectivity index (χ0) is 14.8. The van der Waals surface area contributed by atoms with Crippen molar-refractivity contribution in [2.24, 2.45) is 5.92 Å². The van der Waals surface area contributed by atoms with Crippen molar-refractivity contribution in [2.45, 2.75) is 30.3 Å². The zero-order valence-electron chi connectivity index (χ0n) is 12.2. The lowest BCUT2D eigenvalue weighted by Crippen LogP contribution is -2.45. The summed E-state index contributed by atoms with van der Waals surface area (Å²) < 4.78 is 5.46. The summed E-state index contributed by atoms with van der Waals surface area (Å²) in [4.78, 5) is 15.1. The fourth-order valence-corrected chi connectivity index (χ4v) is 4.57. The summed E-state index contributed by atoms with van der Waals surface area (Å²) in [6.45, 7) is 3.82. The van der Waals surface area contributed by atoms with Crippen molar-refractivity contribution in [2.75, 3.05) is 25.5 Å². The number of likely N-dealkylation sites (N-methyl/N-ethyl adjacent to an activating group) is 1. The topological polar surface area (TPSA) is 49.8 Å². The number of rotatable bonds is 4. The first-order valence-corrected chi connectivity index (χ1v) is 8.49. The van der Waals surface area contributed by atoms with E-state index in [1.54, 1.807) is 0 Å². The first-order chi connectivity index (χ1) is 10.2. The Morgan fingerprint density at radius 1 is 1.43 bits per heavy atom. The van der Waals surface area contributed by atoms with Gasteiger partial charge in [-0.05, 0) is 30.3 Å². The van der Waals surface area contributed by atoms with Gasteiger partial charge in [-0.25, -0.2) is 0 Å². The molecule has 3 unspecified atom stereocenters. The van der Waals surface area contributed by atoms with Gasteiger partial charge < -0.3 is 9.84 Å². The fourth-order valence-electron chi connectivity index (χ4n) is 3.46. The molecule has 2 aliphatic heterocycles. The van der Waals surface area contributed by atoms with Crippen LogP contribution in [0.4, 0.5) is 0 Å². The molecule has 3 atom stereocenters. The molecule has 1 fully saturated rings. The van der Waals surface area contributed by atoms with Crippen LogP contribution < -0.4 is 0 Å². The molecule has 0 spiro atoms. The van der Waals surface area contributed by atoms with Crippen molar-refractivity contribution in [1.82, 2.24) is 4.90 Å². The summed E-state index contributed by atoms with van der Waals surface area (Å²) in [5, 5.41) is 9.41. The summed E-state index contributed by atoms with van der Waals surface area (Å²) in [7, 11) is 0. The van der Waals surface area contributed by atoms with Crippen molar-refractivity contribution in [3.05, 3.63) is 29.8 Å². The Hall–Kier alpha value is -1.04. The van der Waals surface area contributed by atoms with E-state index in [1.165, 1.54) is 10.5 Å². The Morgan fingerprint density at radius 2 is 2.24 bits per heavy atom. The molecule has 1 N–H and O–H groups in total. The molecule has 0 radical (unpaired) electrons. The van der Waals surface area contributed by atoms with Crippen LogP contribution >= 0.6 is 11.8 Å². The van der Waals surface area contributed by atoms with Gasteiger partial charge >= 0.3 is 5.97 Å². The lowest BCUT2D eigenvalue weighted by Gasteiger charge is -2.39. The maximum absolute atomic E-state index is 11.4. The number of aliphatic carboxylic acids is 1. The number of carboxylic acid groups (broad SMARTS) is 1. The molecule has 114 valence electrons. The molecular formula is C16H21NO3S. The number of benzene rings is 1. The van der Waals surface area contributed by atoms with Gasteiger partial charge in [0.15, 0.2) is 0 Å². The van der Waals surface area contributed by atoms with Gasteiger partial charge in [0.1, 0.15) is 0 Å². The Bertz CT molecular complexity index is 522. The average Bonchev–Trinajstić information content (AvgIpc) is 2.98. The first-order valence-electron chi connectivity index (χ1n) is 7.50. The van der Waals surface area contributed by atoms with Crippen LogP contribution in [-0.2, 0) is 9.53 Å². The summed E-state index contributed by atoms with van der Waals surface area (Å²) in [6, 6.07) is 8.78. The van der Waals surface area contributed by atoms with Crippen molar-refractivity contribution in [3.63, 3.8) is 0 Å². The number of carbonyl (C=O) groups is 1. The molecule has 0 aromatic heterocycles. The van der Waals surface area contributed by atoms with Crippen LogP contribution in [-0.4, -0.2) is 47.5 Å². The van der Waals surface area contributed by atoms with E-state index in [2.05, 4.69) is 36.1 Å². The second-order valence-electron chi connectivity index (χ2n) is 5.57. The van der Waals surface area contributed by atoms with Gasteiger partial charge in [-0.1, -0.05) is 25.1 Å². The quantitative estimate of drug-likeness (QED) is 0.927. The van der Waals surface area contributed by atoms with Crippen LogP contribution in [0, 0.1) is 5.92 Å². The average molecular weight is 307 g/mol. The number of hydrogen-bond acceptors (Lipinski definition) is 4. The molecule has 2 heterocycles. The fraction of sp³-hybridized carbons (Fsp3) is 0.562. The van der Waals surface area contributed by atoms with Crippen LogP contribution in [0.15, 0.2) is 29.2 Å². The molecular weight excluding hydrogens is 286 g/mol. The Morgan fingerprint density at radius 3 is 3.00 bits per heavy atom. The molecule has 2 aliphatic rings. The normalized spacial score (nSPS) is 28.6. The molecule has 0 saturated carbocycles. The highest BCUT2D eigenvalue weighted by Gasteiger charge is 2.41. The van der Waals surface area contributed by atoms with E-state index in [0.29, 0.717) is 19.3 Å². The Labute approximate surface area is 129 Å². The Balaban J connectivity index is 1.89. The molecule has 0 aliphatic carbocycles. The van der Waals surface area contributed by atoms with Crippen LogP contribution in [0.2, 0.25) is 0 Å². The van der Waals surface area contributed by atoms with Gasteiger partial charge in [0.05, 0.1) is 19.1 Å². The van der Waals surface area contributed by atoms with Gasteiger partial charge in [0.25, 0.3) is 0 Å². The minimum Gasteiger partial charge on any atom is -0.481 e. The van der Waals surface area contributed by atoms with E-state index in [1.807, 2.05) is 11.8 Å². The number of ether oxygens (including phenoxy) is 1. The minimum absolute atomic E-state index is 0.0198. The molecule has 3 rings (SSSR count). The van der Waals surface area contributed by atoms with Gasteiger partial charge in [0.2, 0.25) is 0 Å².